The van der Waals surface area contributed by atoms with E-state index in [1.807, 2.05) is 30.3 Å². The van der Waals surface area contributed by atoms with Gasteiger partial charge in [-0.25, -0.2) is 9.79 Å². The van der Waals surface area contributed by atoms with Crippen LogP contribution in [0.1, 0.15) is 23.7 Å². The monoisotopic (exact) mass is 422 g/mol. The molecule has 0 saturated heterocycles. The van der Waals surface area contributed by atoms with Crippen LogP contribution in [0.3, 0.4) is 0 Å². The summed E-state index contributed by atoms with van der Waals surface area (Å²) in [6, 6.07) is 14.5. The molecule has 3 rings (SSSR count). The lowest BCUT2D eigenvalue weighted by atomic mass is 10.2. The van der Waals surface area contributed by atoms with Gasteiger partial charge in [-0.3, -0.25) is 14.9 Å². The molecule has 160 valence electrons. The zero-order chi connectivity index (χ0) is 22.2. The van der Waals surface area contributed by atoms with E-state index in [1.165, 1.54) is 0 Å². The normalized spacial score (nSPS) is 15.6. The van der Waals surface area contributed by atoms with Crippen molar-refractivity contribution in [2.45, 2.75) is 19.4 Å². The number of ether oxygens (including phenoxy) is 1. The summed E-state index contributed by atoms with van der Waals surface area (Å²) in [7, 11) is 0. The maximum absolute atomic E-state index is 12.3. The van der Waals surface area contributed by atoms with Crippen LogP contribution in [0.4, 0.5) is 11.4 Å². The molecule has 0 radical (unpaired) electrons. The van der Waals surface area contributed by atoms with E-state index in [2.05, 4.69) is 25.9 Å². The first-order valence-electron chi connectivity index (χ1n) is 9.56. The van der Waals surface area contributed by atoms with Crippen molar-refractivity contribution in [1.82, 2.24) is 5.32 Å². The Kier molecular flexibility index (Phi) is 6.94. The van der Waals surface area contributed by atoms with Crippen LogP contribution in [-0.2, 0) is 14.3 Å². The van der Waals surface area contributed by atoms with Crippen molar-refractivity contribution in [1.29, 1.82) is 0 Å². The number of anilines is 2. The molecule has 10 heteroatoms. The highest BCUT2D eigenvalue weighted by Crippen LogP contribution is 2.13. The summed E-state index contributed by atoms with van der Waals surface area (Å²) in [5.41, 5.74) is 7.42. The van der Waals surface area contributed by atoms with Crippen molar-refractivity contribution in [3.63, 3.8) is 0 Å². The van der Waals surface area contributed by atoms with E-state index in [9.17, 15) is 14.4 Å². The van der Waals surface area contributed by atoms with E-state index in [0.29, 0.717) is 11.3 Å². The first-order valence-corrected chi connectivity index (χ1v) is 9.56. The number of esters is 1. The third kappa shape index (κ3) is 6.13. The van der Waals surface area contributed by atoms with Crippen LogP contribution in [0, 0.1) is 0 Å². The Morgan fingerprint density at radius 2 is 1.77 bits per heavy atom. The second-order valence-corrected chi connectivity index (χ2v) is 6.50. The van der Waals surface area contributed by atoms with E-state index < -0.39 is 23.8 Å². The number of nitrogens with zero attached hydrogens (tertiary/aromatic N) is 2. The van der Waals surface area contributed by atoms with Gasteiger partial charge in [0, 0.05) is 11.4 Å². The van der Waals surface area contributed by atoms with Crippen LogP contribution in [0.25, 0.3) is 0 Å². The maximum Gasteiger partial charge on any atom is 0.338 e. The van der Waals surface area contributed by atoms with Crippen molar-refractivity contribution in [3.05, 3.63) is 60.2 Å². The minimum absolute atomic E-state index is 0.0301. The predicted molar refractivity (Wildman–Crippen MR) is 117 cm³/mol. The average molecular weight is 422 g/mol. The highest BCUT2D eigenvalue weighted by molar-refractivity contribution is 6.11. The van der Waals surface area contributed by atoms with Crippen LogP contribution in [0.5, 0.6) is 0 Å². The summed E-state index contributed by atoms with van der Waals surface area (Å²) in [6.45, 7) is 2.00. The molecule has 1 aliphatic rings. The lowest BCUT2D eigenvalue weighted by Gasteiger charge is -2.08. The number of rotatable bonds is 6. The Balaban J connectivity index is 1.56. The molecule has 2 amide bonds. The number of hydrogen-bond acceptors (Lipinski definition) is 6. The van der Waals surface area contributed by atoms with E-state index in [-0.39, 0.29) is 24.9 Å². The topological polar surface area (TPSA) is 147 Å². The lowest BCUT2D eigenvalue weighted by molar-refractivity contribution is -0.123. The van der Waals surface area contributed by atoms with Gasteiger partial charge in [0.1, 0.15) is 6.04 Å². The van der Waals surface area contributed by atoms with Crippen molar-refractivity contribution < 1.29 is 19.1 Å². The summed E-state index contributed by atoms with van der Waals surface area (Å²) in [4.78, 5) is 44.2. The molecule has 31 heavy (non-hydrogen) atoms. The summed E-state index contributed by atoms with van der Waals surface area (Å²) >= 11 is 0. The molecule has 1 atom stereocenters. The highest BCUT2D eigenvalue weighted by atomic mass is 16.5. The fourth-order valence-electron chi connectivity index (χ4n) is 2.73. The number of hydrogen-bond donors (Lipinski definition) is 4. The minimum Gasteiger partial charge on any atom is -0.462 e. The second-order valence-electron chi connectivity index (χ2n) is 6.50. The summed E-state index contributed by atoms with van der Waals surface area (Å²) in [6.07, 6.45) is -0.170. The first kappa shape index (κ1) is 21.5. The number of nitrogens with two attached hydrogens (primary N) is 1. The predicted octanol–water partition coefficient (Wildman–Crippen LogP) is 1.47. The van der Waals surface area contributed by atoms with Crippen LogP contribution in [0.2, 0.25) is 0 Å². The van der Waals surface area contributed by atoms with E-state index in [4.69, 9.17) is 10.5 Å². The molecule has 2 aromatic carbocycles. The molecule has 0 spiro atoms. The fraction of sp³-hybridized carbons (Fsp3) is 0.190. The molecule has 5 N–H and O–H groups in total. The zero-order valence-corrected chi connectivity index (χ0v) is 16.8. The molecule has 1 heterocycles. The van der Waals surface area contributed by atoms with Gasteiger partial charge in [-0.2, -0.15) is 4.99 Å². The van der Waals surface area contributed by atoms with Gasteiger partial charge in [-0.15, -0.1) is 0 Å². The molecule has 1 aliphatic heterocycles. The van der Waals surface area contributed by atoms with Crippen LogP contribution in [0.15, 0.2) is 64.6 Å². The Hall–Kier alpha value is -4.21. The number of nitrogens with one attached hydrogen (secondary N) is 3. The van der Waals surface area contributed by atoms with E-state index in [0.717, 1.165) is 5.69 Å². The molecular weight excluding hydrogens is 400 g/mol. The molecule has 10 nitrogen and oxygen atoms in total. The van der Waals surface area contributed by atoms with Crippen LogP contribution >= 0.6 is 0 Å². The van der Waals surface area contributed by atoms with Crippen molar-refractivity contribution in [2.24, 2.45) is 15.7 Å². The summed E-state index contributed by atoms with van der Waals surface area (Å²) in [5, 5.41) is 8.03. The summed E-state index contributed by atoms with van der Waals surface area (Å²) < 4.78 is 4.91. The van der Waals surface area contributed by atoms with Crippen molar-refractivity contribution in [2.75, 3.05) is 17.2 Å². The molecule has 0 aliphatic carbocycles. The Labute approximate surface area is 178 Å². The van der Waals surface area contributed by atoms with E-state index >= 15 is 0 Å². The van der Waals surface area contributed by atoms with Crippen LogP contribution in [-0.4, -0.2) is 42.4 Å². The molecule has 0 saturated carbocycles. The number of carbonyl (C=O) groups excluding carboxylic acids is 3. The fourth-order valence-corrected chi connectivity index (χ4v) is 2.73. The first-order chi connectivity index (χ1) is 14.9. The second kappa shape index (κ2) is 10.0. The van der Waals surface area contributed by atoms with Gasteiger partial charge in [0.15, 0.2) is 0 Å². The van der Waals surface area contributed by atoms with Crippen molar-refractivity contribution in [3.8, 4) is 0 Å². The number of benzene rings is 2. The van der Waals surface area contributed by atoms with Gasteiger partial charge in [0.2, 0.25) is 17.8 Å². The van der Waals surface area contributed by atoms with Crippen molar-refractivity contribution >= 4 is 41.1 Å². The summed E-state index contributed by atoms with van der Waals surface area (Å²) in [5.74, 6) is -1.21. The molecule has 0 bridgehead atoms. The highest BCUT2D eigenvalue weighted by Gasteiger charge is 2.28. The largest absolute Gasteiger partial charge is 0.462 e. The van der Waals surface area contributed by atoms with Gasteiger partial charge in [-0.05, 0) is 43.3 Å². The maximum atomic E-state index is 12.3. The standard InChI is InChI=1S/C21H22N6O4/c1-2-31-19(30)13-8-10-15(11-9-13)23-17(28)12-16-18(29)26-21(25-16)27-20(22)24-14-6-4-3-5-7-14/h3-11,16H,2,12H2,1H3,(H,23,28)(H4,22,24,25,26,27,29)/t16-/m0/s1. The minimum atomic E-state index is -0.915. The van der Waals surface area contributed by atoms with Gasteiger partial charge >= 0.3 is 5.97 Å². The number of para-hydroxylation sites is 1. The third-order valence-corrected chi connectivity index (χ3v) is 4.15. The number of aliphatic imine (C=N–C) groups is 2. The van der Waals surface area contributed by atoms with E-state index in [1.54, 1.807) is 31.2 Å². The average Bonchev–Trinajstić information content (AvgIpc) is 3.07. The quantitative estimate of drug-likeness (QED) is 0.315. The number of guanidine groups is 2. The zero-order valence-electron chi connectivity index (χ0n) is 16.8. The SMILES string of the molecule is CCOC(=O)c1ccc(NC(=O)C[C@@H]2N=C(N=C(N)Nc3ccccc3)NC2=O)cc1. The van der Waals surface area contributed by atoms with Gasteiger partial charge in [0.05, 0.1) is 18.6 Å². The molecule has 2 aromatic rings. The Bertz CT molecular complexity index is 1020. The molecule has 0 aromatic heterocycles. The number of amides is 2. The Morgan fingerprint density at radius 3 is 2.45 bits per heavy atom. The third-order valence-electron chi connectivity index (χ3n) is 4.15. The Morgan fingerprint density at radius 1 is 1.10 bits per heavy atom. The smallest absolute Gasteiger partial charge is 0.338 e. The number of carbonyl (C=O) groups is 3. The molecular formula is C21H22N6O4. The molecule has 0 fully saturated rings. The van der Waals surface area contributed by atoms with Gasteiger partial charge in [0.25, 0.3) is 5.91 Å². The van der Waals surface area contributed by atoms with Gasteiger partial charge in [-0.1, -0.05) is 18.2 Å². The molecule has 0 unspecified atom stereocenters. The van der Waals surface area contributed by atoms with Gasteiger partial charge < -0.3 is 21.1 Å². The lowest BCUT2D eigenvalue weighted by Crippen LogP contribution is -2.32. The van der Waals surface area contributed by atoms with Crippen LogP contribution < -0.4 is 21.7 Å².